The lowest BCUT2D eigenvalue weighted by Gasteiger charge is -2.30. The van der Waals surface area contributed by atoms with Crippen LogP contribution in [0.5, 0.6) is 0 Å². The van der Waals surface area contributed by atoms with E-state index in [-0.39, 0.29) is 0 Å². The van der Waals surface area contributed by atoms with Crippen molar-refractivity contribution >= 4 is 23.5 Å². The number of aromatic nitrogens is 1. The van der Waals surface area contributed by atoms with Crippen molar-refractivity contribution in [1.29, 1.82) is 5.26 Å². The largest absolute Gasteiger partial charge is 0.355 e. The fraction of sp³-hybridized carbons (Fsp3) is 0.222. The Morgan fingerprint density at radius 2 is 1.92 bits per heavy atom. The van der Waals surface area contributed by atoms with Gasteiger partial charge in [0.15, 0.2) is 11.6 Å². The van der Waals surface area contributed by atoms with Crippen LogP contribution in [0, 0.1) is 23.0 Å². The Hall–Kier alpha value is -2.45. The van der Waals surface area contributed by atoms with Gasteiger partial charge < -0.3 is 4.90 Å². The van der Waals surface area contributed by atoms with Crippen LogP contribution >= 0.6 is 11.6 Å². The van der Waals surface area contributed by atoms with Crippen molar-refractivity contribution in [3.8, 4) is 6.07 Å². The molecule has 0 N–H and O–H groups in total. The SMILES string of the molecule is N#Cc1cnc(N2CCC(=Cc3ccc(F)c(F)c3)CC2)c(Cl)c1. The van der Waals surface area contributed by atoms with E-state index in [4.69, 9.17) is 16.9 Å². The van der Waals surface area contributed by atoms with E-state index in [1.807, 2.05) is 12.1 Å². The molecular weight excluding hydrogens is 332 g/mol. The summed E-state index contributed by atoms with van der Waals surface area (Å²) in [5.41, 5.74) is 2.26. The lowest BCUT2D eigenvalue weighted by atomic mass is 10.0. The van der Waals surface area contributed by atoms with Gasteiger partial charge in [-0.25, -0.2) is 13.8 Å². The third-order valence-electron chi connectivity index (χ3n) is 3.97. The number of benzene rings is 1. The molecule has 24 heavy (non-hydrogen) atoms. The molecule has 3 rings (SSSR count). The standard InChI is InChI=1S/C18H14ClF2N3/c19-15-8-14(10-22)11-23-18(15)24-5-3-12(4-6-24)7-13-1-2-16(20)17(21)9-13/h1-2,7-9,11H,3-6H2. The highest BCUT2D eigenvalue weighted by Crippen LogP contribution is 2.28. The van der Waals surface area contributed by atoms with E-state index in [0.717, 1.165) is 32.0 Å². The van der Waals surface area contributed by atoms with Crippen LogP contribution in [0.25, 0.3) is 6.08 Å². The summed E-state index contributed by atoms with van der Waals surface area (Å²) in [4.78, 5) is 6.33. The molecule has 1 aliphatic rings. The van der Waals surface area contributed by atoms with E-state index in [0.29, 0.717) is 22.0 Å². The number of hydrogen-bond acceptors (Lipinski definition) is 3. The Morgan fingerprint density at radius 1 is 1.17 bits per heavy atom. The predicted molar refractivity (Wildman–Crippen MR) is 89.7 cm³/mol. The van der Waals surface area contributed by atoms with E-state index in [2.05, 4.69) is 9.88 Å². The van der Waals surface area contributed by atoms with E-state index in [1.54, 1.807) is 12.1 Å². The number of halogens is 3. The van der Waals surface area contributed by atoms with Gasteiger partial charge in [0.05, 0.1) is 10.6 Å². The molecule has 0 radical (unpaired) electrons. The first-order valence-electron chi connectivity index (χ1n) is 7.52. The van der Waals surface area contributed by atoms with Crippen molar-refractivity contribution in [3.05, 3.63) is 63.8 Å². The summed E-state index contributed by atoms with van der Waals surface area (Å²) in [6, 6.07) is 7.52. The Labute approximate surface area is 143 Å². The number of rotatable bonds is 2. The molecule has 0 amide bonds. The number of pyridine rings is 1. The van der Waals surface area contributed by atoms with E-state index in [1.165, 1.54) is 17.8 Å². The van der Waals surface area contributed by atoms with Crippen molar-refractivity contribution in [2.45, 2.75) is 12.8 Å². The second kappa shape index (κ2) is 6.98. The molecule has 0 saturated carbocycles. The van der Waals surface area contributed by atoms with Gasteiger partial charge in [0, 0.05) is 19.3 Å². The van der Waals surface area contributed by atoms with Gasteiger partial charge in [-0.05, 0) is 36.6 Å². The fourth-order valence-corrected chi connectivity index (χ4v) is 3.00. The molecule has 1 fully saturated rings. The zero-order valence-corrected chi connectivity index (χ0v) is 13.5. The number of piperidine rings is 1. The zero-order chi connectivity index (χ0) is 17.1. The molecule has 1 aromatic heterocycles. The average Bonchev–Trinajstić information content (AvgIpc) is 2.59. The monoisotopic (exact) mass is 345 g/mol. The molecule has 2 aromatic rings. The molecule has 0 atom stereocenters. The Balaban J connectivity index is 1.70. The summed E-state index contributed by atoms with van der Waals surface area (Å²) in [5, 5.41) is 9.32. The van der Waals surface area contributed by atoms with Gasteiger partial charge in [-0.15, -0.1) is 0 Å². The third kappa shape index (κ3) is 3.55. The van der Waals surface area contributed by atoms with Crippen LogP contribution in [-0.2, 0) is 0 Å². The summed E-state index contributed by atoms with van der Waals surface area (Å²) in [6.07, 6.45) is 4.98. The van der Waals surface area contributed by atoms with Gasteiger partial charge in [0.1, 0.15) is 11.9 Å². The minimum atomic E-state index is -0.839. The first kappa shape index (κ1) is 16.4. The summed E-state index contributed by atoms with van der Waals surface area (Å²) in [5.74, 6) is -1.01. The molecule has 0 unspecified atom stereocenters. The molecule has 0 spiro atoms. The average molecular weight is 346 g/mol. The summed E-state index contributed by atoms with van der Waals surface area (Å²) in [7, 11) is 0. The topological polar surface area (TPSA) is 39.9 Å². The normalized spacial score (nSPS) is 14.4. The number of nitriles is 1. The molecule has 2 heterocycles. The summed E-state index contributed by atoms with van der Waals surface area (Å²) in [6.45, 7) is 1.46. The minimum Gasteiger partial charge on any atom is -0.355 e. The molecule has 0 bridgehead atoms. The molecule has 122 valence electrons. The maximum atomic E-state index is 13.3. The van der Waals surface area contributed by atoms with Crippen LogP contribution in [-0.4, -0.2) is 18.1 Å². The Kier molecular flexibility index (Phi) is 4.77. The van der Waals surface area contributed by atoms with Crippen molar-refractivity contribution < 1.29 is 8.78 Å². The molecular formula is C18H14ClF2N3. The van der Waals surface area contributed by atoms with Crippen LogP contribution in [0.15, 0.2) is 36.0 Å². The van der Waals surface area contributed by atoms with Gasteiger partial charge >= 0.3 is 0 Å². The van der Waals surface area contributed by atoms with Gasteiger partial charge in [-0.1, -0.05) is 29.3 Å². The van der Waals surface area contributed by atoms with Crippen LogP contribution in [0.3, 0.4) is 0 Å². The third-order valence-corrected chi connectivity index (χ3v) is 4.25. The molecule has 0 aliphatic carbocycles. The highest BCUT2D eigenvalue weighted by molar-refractivity contribution is 6.33. The summed E-state index contributed by atoms with van der Waals surface area (Å²) < 4.78 is 26.2. The highest BCUT2D eigenvalue weighted by Gasteiger charge is 2.18. The second-order valence-electron chi connectivity index (χ2n) is 5.60. The van der Waals surface area contributed by atoms with Gasteiger partial charge in [0.2, 0.25) is 0 Å². The quantitative estimate of drug-likeness (QED) is 0.800. The highest BCUT2D eigenvalue weighted by atomic mass is 35.5. The van der Waals surface area contributed by atoms with Gasteiger partial charge in [0.25, 0.3) is 0 Å². The van der Waals surface area contributed by atoms with Crippen molar-refractivity contribution in [2.24, 2.45) is 0 Å². The van der Waals surface area contributed by atoms with Crippen LogP contribution in [0.4, 0.5) is 14.6 Å². The number of anilines is 1. The maximum absolute atomic E-state index is 13.3. The van der Waals surface area contributed by atoms with Crippen LogP contribution in [0.2, 0.25) is 5.02 Å². The van der Waals surface area contributed by atoms with Crippen molar-refractivity contribution in [2.75, 3.05) is 18.0 Å². The van der Waals surface area contributed by atoms with Gasteiger partial charge in [-0.3, -0.25) is 0 Å². The molecule has 3 nitrogen and oxygen atoms in total. The number of hydrogen-bond donors (Lipinski definition) is 0. The lowest BCUT2D eigenvalue weighted by Crippen LogP contribution is -2.31. The van der Waals surface area contributed by atoms with E-state index in [9.17, 15) is 8.78 Å². The lowest BCUT2D eigenvalue weighted by molar-refractivity contribution is 0.508. The predicted octanol–water partition coefficient (Wildman–Crippen LogP) is 4.57. The van der Waals surface area contributed by atoms with Crippen LogP contribution < -0.4 is 4.90 Å². The second-order valence-corrected chi connectivity index (χ2v) is 6.01. The van der Waals surface area contributed by atoms with E-state index >= 15 is 0 Å². The van der Waals surface area contributed by atoms with Crippen molar-refractivity contribution in [3.63, 3.8) is 0 Å². The fourth-order valence-electron chi connectivity index (χ4n) is 2.71. The van der Waals surface area contributed by atoms with Crippen molar-refractivity contribution in [1.82, 2.24) is 4.98 Å². The van der Waals surface area contributed by atoms with Gasteiger partial charge in [-0.2, -0.15) is 5.26 Å². The first-order valence-corrected chi connectivity index (χ1v) is 7.89. The Bertz CT molecular complexity index is 833. The molecule has 1 aromatic carbocycles. The van der Waals surface area contributed by atoms with E-state index < -0.39 is 11.6 Å². The minimum absolute atomic E-state index is 0.430. The summed E-state index contributed by atoms with van der Waals surface area (Å²) >= 11 is 6.19. The molecule has 6 heteroatoms. The first-order chi connectivity index (χ1) is 11.6. The molecule has 1 aliphatic heterocycles. The van der Waals surface area contributed by atoms with Crippen LogP contribution in [0.1, 0.15) is 24.0 Å². The molecule has 1 saturated heterocycles. The zero-order valence-electron chi connectivity index (χ0n) is 12.8. The maximum Gasteiger partial charge on any atom is 0.159 e. The Morgan fingerprint density at radius 3 is 2.54 bits per heavy atom. The smallest absolute Gasteiger partial charge is 0.159 e. The number of nitrogens with zero attached hydrogens (tertiary/aromatic N) is 3.